The summed E-state index contributed by atoms with van der Waals surface area (Å²) in [5, 5.41) is 17.3. The summed E-state index contributed by atoms with van der Waals surface area (Å²) >= 11 is 0. The van der Waals surface area contributed by atoms with Crippen LogP contribution in [0.5, 0.6) is 0 Å². The van der Waals surface area contributed by atoms with Crippen LogP contribution in [0.15, 0.2) is 36.5 Å². The molecule has 0 aliphatic rings. The zero-order chi connectivity index (χ0) is 18.0. The number of nitrogens with zero attached hydrogens (tertiary/aromatic N) is 2. The first-order valence-electron chi connectivity index (χ1n) is 7.05. The maximum Gasteiger partial charge on any atom is 0.435 e. The van der Waals surface area contributed by atoms with Gasteiger partial charge >= 0.3 is 12.2 Å². The molecular formula is C15H17F3N4O2. The zero-order valence-corrected chi connectivity index (χ0v) is 13.1. The molecule has 1 aromatic carbocycles. The van der Waals surface area contributed by atoms with E-state index in [1.54, 1.807) is 18.2 Å². The first kappa shape index (κ1) is 17.8. The lowest BCUT2D eigenvalue weighted by Gasteiger charge is -2.23. The third-order valence-electron chi connectivity index (χ3n) is 3.13. The molecule has 24 heavy (non-hydrogen) atoms. The SMILES string of the molecule is CC(C)(CO)NC(=O)Nc1cnn(-c2ccccc2)c1C(F)(F)F. The van der Waals surface area contributed by atoms with Crippen molar-refractivity contribution in [3.05, 3.63) is 42.2 Å². The number of aliphatic hydroxyl groups excluding tert-OH is 1. The fourth-order valence-electron chi connectivity index (χ4n) is 1.98. The predicted molar refractivity (Wildman–Crippen MR) is 81.9 cm³/mol. The van der Waals surface area contributed by atoms with E-state index < -0.39 is 29.1 Å². The lowest BCUT2D eigenvalue weighted by molar-refractivity contribution is -0.142. The number of nitrogens with one attached hydrogen (secondary N) is 2. The minimum atomic E-state index is -4.72. The highest BCUT2D eigenvalue weighted by molar-refractivity contribution is 5.90. The lowest BCUT2D eigenvalue weighted by atomic mass is 10.1. The van der Waals surface area contributed by atoms with Crippen LogP contribution in [0.4, 0.5) is 23.7 Å². The molecule has 0 fully saturated rings. The Balaban J connectivity index is 2.35. The van der Waals surface area contributed by atoms with E-state index in [1.807, 2.05) is 0 Å². The van der Waals surface area contributed by atoms with Gasteiger partial charge in [0.2, 0.25) is 0 Å². The second-order valence-electron chi connectivity index (χ2n) is 5.77. The van der Waals surface area contributed by atoms with E-state index in [4.69, 9.17) is 5.11 Å². The highest BCUT2D eigenvalue weighted by atomic mass is 19.4. The van der Waals surface area contributed by atoms with Crippen LogP contribution in [0.1, 0.15) is 19.5 Å². The van der Waals surface area contributed by atoms with Crippen LogP contribution in [0.25, 0.3) is 5.69 Å². The number of benzene rings is 1. The molecule has 2 rings (SSSR count). The molecule has 3 N–H and O–H groups in total. The van der Waals surface area contributed by atoms with Gasteiger partial charge in [0.25, 0.3) is 0 Å². The average Bonchev–Trinajstić information content (AvgIpc) is 2.91. The van der Waals surface area contributed by atoms with Gasteiger partial charge in [0.15, 0.2) is 5.69 Å². The molecule has 0 aliphatic carbocycles. The van der Waals surface area contributed by atoms with Gasteiger partial charge < -0.3 is 15.7 Å². The number of para-hydroxylation sites is 1. The average molecular weight is 342 g/mol. The molecule has 1 aromatic heterocycles. The molecule has 1 heterocycles. The quantitative estimate of drug-likeness (QED) is 0.799. The second kappa shape index (κ2) is 6.52. The highest BCUT2D eigenvalue weighted by Gasteiger charge is 2.39. The monoisotopic (exact) mass is 342 g/mol. The number of alkyl halides is 3. The number of carbonyl (C=O) groups is 1. The van der Waals surface area contributed by atoms with Crippen LogP contribution >= 0.6 is 0 Å². The number of aliphatic hydroxyl groups is 1. The predicted octanol–water partition coefficient (Wildman–Crippen LogP) is 2.78. The number of aromatic nitrogens is 2. The number of rotatable bonds is 4. The minimum Gasteiger partial charge on any atom is -0.394 e. The van der Waals surface area contributed by atoms with Gasteiger partial charge in [0, 0.05) is 0 Å². The Morgan fingerprint density at radius 3 is 2.42 bits per heavy atom. The molecule has 0 aliphatic heterocycles. The van der Waals surface area contributed by atoms with Gasteiger partial charge in [-0.2, -0.15) is 18.3 Å². The Morgan fingerprint density at radius 1 is 1.25 bits per heavy atom. The van der Waals surface area contributed by atoms with E-state index in [0.717, 1.165) is 6.20 Å². The van der Waals surface area contributed by atoms with Crippen molar-refractivity contribution in [2.75, 3.05) is 11.9 Å². The van der Waals surface area contributed by atoms with Crippen LogP contribution < -0.4 is 10.6 Å². The van der Waals surface area contributed by atoms with Gasteiger partial charge in [-0.15, -0.1) is 0 Å². The first-order valence-corrected chi connectivity index (χ1v) is 7.05. The Bertz CT molecular complexity index is 711. The standard InChI is InChI=1S/C15H17F3N4O2/c1-14(2,9-23)21-13(24)20-11-8-19-22(12(11)15(16,17)18)10-6-4-3-5-7-10/h3-8,23H,9H2,1-2H3,(H2,20,21,24). The van der Waals surface area contributed by atoms with Crippen molar-refractivity contribution in [2.45, 2.75) is 25.6 Å². The van der Waals surface area contributed by atoms with E-state index in [2.05, 4.69) is 15.7 Å². The van der Waals surface area contributed by atoms with E-state index in [1.165, 1.54) is 26.0 Å². The third kappa shape index (κ3) is 4.05. The molecule has 6 nitrogen and oxygen atoms in total. The minimum absolute atomic E-state index is 0.217. The largest absolute Gasteiger partial charge is 0.435 e. The van der Waals surface area contributed by atoms with Crippen LogP contribution in [-0.4, -0.2) is 33.1 Å². The highest BCUT2D eigenvalue weighted by Crippen LogP contribution is 2.36. The second-order valence-corrected chi connectivity index (χ2v) is 5.77. The van der Waals surface area contributed by atoms with Crippen LogP contribution in [0.2, 0.25) is 0 Å². The summed E-state index contributed by atoms with van der Waals surface area (Å²) in [7, 11) is 0. The molecule has 9 heteroatoms. The molecule has 0 spiro atoms. The van der Waals surface area contributed by atoms with E-state index >= 15 is 0 Å². The molecule has 0 atom stereocenters. The van der Waals surface area contributed by atoms with Crippen molar-refractivity contribution in [2.24, 2.45) is 0 Å². The van der Waals surface area contributed by atoms with Gasteiger partial charge in [-0.3, -0.25) is 0 Å². The third-order valence-corrected chi connectivity index (χ3v) is 3.13. The summed E-state index contributed by atoms with van der Waals surface area (Å²) in [5.74, 6) is 0. The van der Waals surface area contributed by atoms with Crippen molar-refractivity contribution in [3.8, 4) is 5.69 Å². The van der Waals surface area contributed by atoms with Gasteiger partial charge in [-0.25, -0.2) is 9.48 Å². The number of hydrogen-bond donors (Lipinski definition) is 3. The summed E-state index contributed by atoms with van der Waals surface area (Å²) in [6.07, 6.45) is -3.79. The number of urea groups is 1. The molecule has 0 saturated heterocycles. The van der Waals surface area contributed by atoms with Crippen LogP contribution in [0, 0.1) is 0 Å². The molecule has 2 aromatic rings. The summed E-state index contributed by atoms with van der Waals surface area (Å²) < 4.78 is 40.9. The van der Waals surface area contributed by atoms with Crippen LogP contribution in [-0.2, 0) is 6.18 Å². The van der Waals surface area contributed by atoms with Crippen molar-refractivity contribution < 1.29 is 23.1 Å². The van der Waals surface area contributed by atoms with E-state index in [9.17, 15) is 18.0 Å². The summed E-state index contributed by atoms with van der Waals surface area (Å²) in [6, 6.07) is 6.92. The molecule has 2 amide bonds. The first-order chi connectivity index (χ1) is 11.1. The van der Waals surface area contributed by atoms with E-state index in [-0.39, 0.29) is 12.3 Å². The van der Waals surface area contributed by atoms with Crippen molar-refractivity contribution in [3.63, 3.8) is 0 Å². The maximum absolute atomic E-state index is 13.4. The summed E-state index contributed by atoms with van der Waals surface area (Å²) in [5.41, 5.74) is -2.32. The van der Waals surface area contributed by atoms with E-state index in [0.29, 0.717) is 4.68 Å². The van der Waals surface area contributed by atoms with Crippen molar-refractivity contribution in [1.82, 2.24) is 15.1 Å². The van der Waals surface area contributed by atoms with Gasteiger partial charge in [-0.1, -0.05) is 18.2 Å². The molecule has 130 valence electrons. The van der Waals surface area contributed by atoms with Crippen molar-refractivity contribution in [1.29, 1.82) is 0 Å². The number of carbonyl (C=O) groups excluding carboxylic acids is 1. The van der Waals surface area contributed by atoms with Crippen LogP contribution in [0.3, 0.4) is 0 Å². The molecular weight excluding hydrogens is 325 g/mol. The fourth-order valence-corrected chi connectivity index (χ4v) is 1.98. The maximum atomic E-state index is 13.4. The number of hydrogen-bond acceptors (Lipinski definition) is 3. The smallest absolute Gasteiger partial charge is 0.394 e. The molecule has 0 bridgehead atoms. The molecule has 0 unspecified atom stereocenters. The zero-order valence-electron chi connectivity index (χ0n) is 13.1. The molecule has 0 radical (unpaired) electrons. The summed E-state index contributed by atoms with van der Waals surface area (Å²) in [6.45, 7) is 2.70. The number of halogens is 3. The van der Waals surface area contributed by atoms with Gasteiger partial charge in [0.1, 0.15) is 0 Å². The number of amides is 2. The Labute approximate surface area is 136 Å². The Morgan fingerprint density at radius 2 is 1.88 bits per heavy atom. The fraction of sp³-hybridized carbons (Fsp3) is 0.333. The van der Waals surface area contributed by atoms with Crippen molar-refractivity contribution >= 4 is 11.7 Å². The topological polar surface area (TPSA) is 79.2 Å². The number of anilines is 1. The summed E-state index contributed by atoms with van der Waals surface area (Å²) in [4.78, 5) is 11.9. The molecule has 0 saturated carbocycles. The Hall–Kier alpha value is -2.55. The van der Waals surface area contributed by atoms with Gasteiger partial charge in [0.05, 0.1) is 29.7 Å². The van der Waals surface area contributed by atoms with Gasteiger partial charge in [-0.05, 0) is 26.0 Å². The Kier molecular flexibility index (Phi) is 4.83. The normalized spacial score (nSPS) is 12.1. The lowest BCUT2D eigenvalue weighted by Crippen LogP contribution is -2.48.